The van der Waals surface area contributed by atoms with Crippen molar-refractivity contribution in [2.45, 2.75) is 6.92 Å². The van der Waals surface area contributed by atoms with Crippen LogP contribution in [0.4, 0.5) is 0 Å². The lowest BCUT2D eigenvalue weighted by Gasteiger charge is -2.01. The number of halogens is 1. The molecule has 1 aromatic heterocycles. The van der Waals surface area contributed by atoms with Crippen LogP contribution in [0.3, 0.4) is 0 Å². The lowest BCUT2D eigenvalue weighted by Crippen LogP contribution is -2.06. The zero-order chi connectivity index (χ0) is 12.3. The first-order chi connectivity index (χ1) is 8.22. The quantitative estimate of drug-likeness (QED) is 0.803. The van der Waals surface area contributed by atoms with E-state index >= 15 is 0 Å². The van der Waals surface area contributed by atoms with Gasteiger partial charge in [-0.2, -0.15) is 8.75 Å². The van der Waals surface area contributed by atoms with E-state index < -0.39 is 5.97 Å². The molecule has 0 aliphatic rings. The Morgan fingerprint density at radius 1 is 1.35 bits per heavy atom. The van der Waals surface area contributed by atoms with Gasteiger partial charge in [-0.1, -0.05) is 23.7 Å². The van der Waals surface area contributed by atoms with Gasteiger partial charge in [0.15, 0.2) is 5.69 Å². The van der Waals surface area contributed by atoms with Gasteiger partial charge in [-0.05, 0) is 19.1 Å². The van der Waals surface area contributed by atoms with Crippen molar-refractivity contribution < 1.29 is 9.53 Å². The van der Waals surface area contributed by atoms with Gasteiger partial charge < -0.3 is 4.74 Å². The first-order valence-corrected chi connectivity index (χ1v) is 6.09. The Kier molecular flexibility index (Phi) is 3.71. The zero-order valence-electron chi connectivity index (χ0n) is 9.01. The highest BCUT2D eigenvalue weighted by atomic mass is 35.5. The van der Waals surface area contributed by atoms with Gasteiger partial charge >= 0.3 is 5.97 Å². The van der Waals surface area contributed by atoms with Gasteiger partial charge in [-0.25, -0.2) is 4.79 Å². The first kappa shape index (κ1) is 12.0. The minimum Gasteiger partial charge on any atom is -0.461 e. The van der Waals surface area contributed by atoms with Crippen LogP contribution >= 0.6 is 23.3 Å². The summed E-state index contributed by atoms with van der Waals surface area (Å²) in [6, 6.07) is 7.07. The van der Waals surface area contributed by atoms with E-state index in [4.69, 9.17) is 16.3 Å². The maximum absolute atomic E-state index is 11.6. The van der Waals surface area contributed by atoms with Gasteiger partial charge in [-0.15, -0.1) is 0 Å². The second-order valence-electron chi connectivity index (χ2n) is 3.19. The highest BCUT2D eigenvalue weighted by molar-refractivity contribution is 6.99. The second kappa shape index (κ2) is 5.25. The molecule has 88 valence electrons. The van der Waals surface area contributed by atoms with E-state index in [-0.39, 0.29) is 5.69 Å². The van der Waals surface area contributed by atoms with Crippen LogP contribution in [0.25, 0.3) is 11.3 Å². The van der Waals surface area contributed by atoms with Crippen LogP contribution in [-0.2, 0) is 4.74 Å². The lowest BCUT2D eigenvalue weighted by molar-refractivity contribution is 0.0521. The number of rotatable bonds is 3. The second-order valence-corrected chi connectivity index (χ2v) is 4.15. The Labute approximate surface area is 108 Å². The zero-order valence-corrected chi connectivity index (χ0v) is 10.6. The van der Waals surface area contributed by atoms with E-state index in [2.05, 4.69) is 8.75 Å². The van der Waals surface area contributed by atoms with Crippen LogP contribution in [0, 0.1) is 0 Å². The molecule has 0 atom stereocenters. The normalized spacial score (nSPS) is 10.2. The first-order valence-electron chi connectivity index (χ1n) is 4.98. The van der Waals surface area contributed by atoms with Crippen LogP contribution in [0.1, 0.15) is 17.4 Å². The van der Waals surface area contributed by atoms with Crippen LogP contribution < -0.4 is 0 Å². The molecule has 0 N–H and O–H groups in total. The van der Waals surface area contributed by atoms with Crippen molar-refractivity contribution in [2.24, 2.45) is 0 Å². The van der Waals surface area contributed by atoms with E-state index in [1.54, 1.807) is 31.2 Å². The number of benzene rings is 1. The van der Waals surface area contributed by atoms with E-state index in [9.17, 15) is 4.79 Å². The monoisotopic (exact) mass is 268 g/mol. The van der Waals surface area contributed by atoms with Crippen molar-refractivity contribution in [3.05, 3.63) is 35.0 Å². The van der Waals surface area contributed by atoms with Crippen LogP contribution in [0.15, 0.2) is 24.3 Å². The van der Waals surface area contributed by atoms with Crippen molar-refractivity contribution in [3.8, 4) is 11.3 Å². The van der Waals surface area contributed by atoms with Crippen LogP contribution in [0.2, 0.25) is 5.02 Å². The van der Waals surface area contributed by atoms with Gasteiger partial charge in [0, 0.05) is 10.6 Å². The lowest BCUT2D eigenvalue weighted by atomic mass is 10.1. The smallest absolute Gasteiger partial charge is 0.360 e. The summed E-state index contributed by atoms with van der Waals surface area (Å²) < 4.78 is 13.0. The highest BCUT2D eigenvalue weighted by Crippen LogP contribution is 2.24. The molecule has 0 bridgehead atoms. The van der Waals surface area contributed by atoms with Gasteiger partial charge in [0.2, 0.25) is 0 Å². The van der Waals surface area contributed by atoms with Gasteiger partial charge in [0.25, 0.3) is 0 Å². The predicted octanol–water partition coefficient (Wildman–Crippen LogP) is 3.04. The largest absolute Gasteiger partial charge is 0.461 e. The molecule has 17 heavy (non-hydrogen) atoms. The van der Waals surface area contributed by atoms with Gasteiger partial charge in [0.05, 0.1) is 18.3 Å². The molecular formula is C11H9ClN2O2S. The summed E-state index contributed by atoms with van der Waals surface area (Å²) in [5.41, 5.74) is 1.58. The molecule has 2 rings (SSSR count). The molecule has 0 saturated carbocycles. The minimum absolute atomic E-state index is 0.249. The molecule has 2 aromatic rings. The average Bonchev–Trinajstić information content (AvgIpc) is 2.79. The number of carbonyl (C=O) groups excluding carboxylic acids is 1. The van der Waals surface area contributed by atoms with Crippen molar-refractivity contribution in [1.29, 1.82) is 0 Å². The highest BCUT2D eigenvalue weighted by Gasteiger charge is 2.18. The summed E-state index contributed by atoms with van der Waals surface area (Å²) in [6.07, 6.45) is 0. The molecule has 0 unspecified atom stereocenters. The summed E-state index contributed by atoms with van der Waals surface area (Å²) in [5, 5.41) is 0.634. The van der Waals surface area contributed by atoms with Crippen LogP contribution in [-0.4, -0.2) is 21.3 Å². The molecule has 0 radical (unpaired) electrons. The fourth-order valence-electron chi connectivity index (χ4n) is 1.32. The summed E-state index contributed by atoms with van der Waals surface area (Å²) in [6.45, 7) is 2.07. The summed E-state index contributed by atoms with van der Waals surface area (Å²) in [5.74, 6) is -0.453. The molecule has 1 aromatic carbocycles. The molecule has 0 amide bonds. The van der Waals surface area contributed by atoms with Crippen molar-refractivity contribution in [3.63, 3.8) is 0 Å². The number of hydrogen-bond donors (Lipinski definition) is 0. The third-order valence-electron chi connectivity index (χ3n) is 2.07. The number of ether oxygens (including phenoxy) is 1. The molecule has 0 fully saturated rings. The Balaban J connectivity index is 2.36. The molecule has 0 spiro atoms. The fourth-order valence-corrected chi connectivity index (χ4v) is 2.00. The minimum atomic E-state index is -0.453. The number of aromatic nitrogens is 2. The molecule has 1 heterocycles. The summed E-state index contributed by atoms with van der Waals surface area (Å²) in [7, 11) is 0. The Morgan fingerprint density at radius 2 is 2.06 bits per heavy atom. The topological polar surface area (TPSA) is 52.1 Å². The maximum Gasteiger partial charge on any atom is 0.360 e. The number of carbonyl (C=O) groups is 1. The van der Waals surface area contributed by atoms with E-state index in [0.717, 1.165) is 17.3 Å². The van der Waals surface area contributed by atoms with E-state index in [0.29, 0.717) is 17.3 Å². The Hall–Kier alpha value is -1.46. The van der Waals surface area contributed by atoms with Crippen molar-refractivity contribution >= 4 is 29.3 Å². The Bertz CT molecular complexity index is 525. The number of nitrogens with zero attached hydrogens (tertiary/aromatic N) is 2. The number of hydrogen-bond acceptors (Lipinski definition) is 5. The molecular weight excluding hydrogens is 260 g/mol. The molecule has 0 aliphatic heterocycles. The molecule has 4 nitrogen and oxygen atoms in total. The number of esters is 1. The molecule has 6 heteroatoms. The SMILES string of the molecule is CCOC(=O)c1nsnc1-c1ccc(Cl)cc1. The van der Waals surface area contributed by atoms with E-state index in [1.165, 1.54) is 0 Å². The summed E-state index contributed by atoms with van der Waals surface area (Å²) >= 11 is 6.79. The van der Waals surface area contributed by atoms with Crippen LogP contribution in [0.5, 0.6) is 0 Å². The van der Waals surface area contributed by atoms with Gasteiger partial charge in [-0.3, -0.25) is 0 Å². The third kappa shape index (κ3) is 2.62. The average molecular weight is 269 g/mol. The van der Waals surface area contributed by atoms with Crippen molar-refractivity contribution in [1.82, 2.24) is 8.75 Å². The standard InChI is InChI=1S/C11H9ClN2O2S/c1-2-16-11(15)10-9(13-17-14-10)7-3-5-8(12)6-4-7/h3-6H,2H2,1H3. The molecule has 0 aliphatic carbocycles. The third-order valence-corrected chi connectivity index (χ3v) is 2.86. The van der Waals surface area contributed by atoms with Gasteiger partial charge in [0.1, 0.15) is 5.69 Å². The summed E-state index contributed by atoms with van der Waals surface area (Å²) in [4.78, 5) is 11.6. The van der Waals surface area contributed by atoms with Crippen molar-refractivity contribution in [2.75, 3.05) is 6.61 Å². The van der Waals surface area contributed by atoms with E-state index in [1.807, 2.05) is 0 Å². The molecule has 0 saturated heterocycles. The Morgan fingerprint density at radius 3 is 2.71 bits per heavy atom. The predicted molar refractivity (Wildman–Crippen MR) is 66.3 cm³/mol. The maximum atomic E-state index is 11.6. The fraction of sp³-hybridized carbons (Fsp3) is 0.182.